The van der Waals surface area contributed by atoms with Crippen molar-refractivity contribution in [1.29, 1.82) is 0 Å². The molecule has 10 nitrogen and oxygen atoms in total. The van der Waals surface area contributed by atoms with Crippen LogP contribution in [0.15, 0.2) is 79.0 Å². The van der Waals surface area contributed by atoms with E-state index in [0.29, 0.717) is 23.6 Å². The summed E-state index contributed by atoms with van der Waals surface area (Å²) >= 11 is 0. The maximum absolute atomic E-state index is 5.06. The van der Waals surface area contributed by atoms with E-state index in [1.54, 1.807) is 6.20 Å². The van der Waals surface area contributed by atoms with Gasteiger partial charge in [-0.2, -0.15) is 14.6 Å². The lowest BCUT2D eigenvalue weighted by Crippen LogP contribution is -2.44. The Labute approximate surface area is 249 Å². The normalized spacial score (nSPS) is 15.8. The van der Waals surface area contributed by atoms with Crippen molar-refractivity contribution < 1.29 is 0 Å². The van der Waals surface area contributed by atoms with Crippen molar-refractivity contribution in [1.82, 2.24) is 44.6 Å². The van der Waals surface area contributed by atoms with Crippen LogP contribution in [0.4, 0.5) is 5.82 Å². The number of benzene rings is 2. The molecule has 2 aromatic carbocycles. The molecule has 0 bridgehead atoms. The van der Waals surface area contributed by atoms with Gasteiger partial charge >= 0.3 is 0 Å². The van der Waals surface area contributed by atoms with Crippen LogP contribution in [0.1, 0.15) is 42.4 Å². The SMILES string of the molecule is Cc1nc2nc(-c3ccc(CN4CC(c5n[nH]c(-c6ccccn6)n5)C4)cc3)c(-c3ccccc3)c(NC3CCC3)n2n1. The number of pyridine rings is 1. The summed E-state index contributed by atoms with van der Waals surface area (Å²) in [5, 5.41) is 16.0. The number of rotatable bonds is 8. The van der Waals surface area contributed by atoms with Gasteiger partial charge < -0.3 is 5.32 Å². The van der Waals surface area contributed by atoms with Crippen LogP contribution >= 0.6 is 0 Å². The number of aryl methyl sites for hydroxylation is 1. The molecule has 1 saturated carbocycles. The Morgan fingerprint density at radius 1 is 0.884 bits per heavy atom. The van der Waals surface area contributed by atoms with Crippen LogP contribution in [0.2, 0.25) is 0 Å². The van der Waals surface area contributed by atoms with Gasteiger partial charge in [0, 0.05) is 43.4 Å². The van der Waals surface area contributed by atoms with E-state index in [0.717, 1.165) is 78.0 Å². The Morgan fingerprint density at radius 2 is 1.70 bits per heavy atom. The zero-order valence-corrected chi connectivity index (χ0v) is 24.0. The minimum atomic E-state index is 0.325. The summed E-state index contributed by atoms with van der Waals surface area (Å²) in [4.78, 5) is 21.2. The monoisotopic (exact) mass is 568 g/mol. The van der Waals surface area contributed by atoms with Gasteiger partial charge in [0.2, 0.25) is 0 Å². The van der Waals surface area contributed by atoms with Crippen LogP contribution in [0.3, 0.4) is 0 Å². The first kappa shape index (κ1) is 25.7. The third kappa shape index (κ3) is 4.93. The number of aromatic nitrogens is 8. The van der Waals surface area contributed by atoms with Crippen molar-refractivity contribution in [2.45, 2.75) is 44.7 Å². The molecule has 0 atom stereocenters. The van der Waals surface area contributed by atoms with Gasteiger partial charge in [-0.25, -0.2) is 9.97 Å². The fraction of sp³-hybridized carbons (Fsp3) is 0.273. The minimum Gasteiger partial charge on any atom is -0.367 e. The zero-order valence-electron chi connectivity index (χ0n) is 24.0. The largest absolute Gasteiger partial charge is 0.367 e. The third-order valence-corrected chi connectivity index (χ3v) is 8.47. The second-order valence-corrected chi connectivity index (χ2v) is 11.5. The highest BCUT2D eigenvalue weighted by Crippen LogP contribution is 2.39. The highest BCUT2D eigenvalue weighted by atomic mass is 15.4. The van der Waals surface area contributed by atoms with E-state index in [1.165, 1.54) is 12.0 Å². The molecule has 5 heterocycles. The Bertz CT molecular complexity index is 1870. The van der Waals surface area contributed by atoms with Gasteiger partial charge in [0.05, 0.1) is 11.3 Å². The summed E-state index contributed by atoms with van der Waals surface area (Å²) in [5.74, 6) is 4.19. The van der Waals surface area contributed by atoms with Crippen LogP contribution in [0.5, 0.6) is 0 Å². The van der Waals surface area contributed by atoms with Crippen LogP contribution in [0, 0.1) is 6.92 Å². The van der Waals surface area contributed by atoms with Gasteiger partial charge in [0.1, 0.15) is 17.3 Å². The predicted octanol–water partition coefficient (Wildman–Crippen LogP) is 5.51. The first-order valence-electron chi connectivity index (χ1n) is 14.9. The lowest BCUT2D eigenvalue weighted by Gasteiger charge is -2.37. The molecular formula is C33H32N10. The molecule has 2 N–H and O–H groups in total. The zero-order chi connectivity index (χ0) is 28.8. The number of anilines is 1. The Balaban J connectivity index is 1.04. The van der Waals surface area contributed by atoms with Crippen LogP contribution in [-0.4, -0.2) is 63.8 Å². The summed E-state index contributed by atoms with van der Waals surface area (Å²) in [7, 11) is 0. The van der Waals surface area contributed by atoms with Gasteiger partial charge in [0.15, 0.2) is 11.6 Å². The van der Waals surface area contributed by atoms with E-state index < -0.39 is 0 Å². The Morgan fingerprint density at radius 3 is 2.44 bits per heavy atom. The second kappa shape index (κ2) is 10.7. The number of fused-ring (bicyclic) bond motifs is 1. The molecule has 0 spiro atoms. The van der Waals surface area contributed by atoms with Gasteiger partial charge in [-0.05, 0) is 49.4 Å². The maximum Gasteiger partial charge on any atom is 0.254 e. The second-order valence-electron chi connectivity index (χ2n) is 11.5. The summed E-state index contributed by atoms with van der Waals surface area (Å²) in [6, 6.07) is 25.5. The Kier molecular flexibility index (Phi) is 6.40. The van der Waals surface area contributed by atoms with Crippen molar-refractivity contribution in [3.63, 3.8) is 0 Å². The molecule has 43 heavy (non-hydrogen) atoms. The molecule has 1 aliphatic carbocycles. The highest BCUT2D eigenvalue weighted by molar-refractivity contribution is 5.89. The van der Waals surface area contributed by atoms with E-state index in [4.69, 9.17) is 15.1 Å². The average molecular weight is 569 g/mol. The summed E-state index contributed by atoms with van der Waals surface area (Å²) in [6.45, 7) is 4.66. The Hall–Kier alpha value is -4.96. The van der Waals surface area contributed by atoms with E-state index in [9.17, 15) is 0 Å². The molecule has 6 aromatic rings. The first-order valence-corrected chi connectivity index (χ1v) is 14.9. The van der Waals surface area contributed by atoms with Crippen LogP contribution in [0.25, 0.3) is 39.7 Å². The van der Waals surface area contributed by atoms with E-state index in [2.05, 4.69) is 78.9 Å². The van der Waals surface area contributed by atoms with Gasteiger partial charge in [-0.15, -0.1) is 5.10 Å². The van der Waals surface area contributed by atoms with E-state index >= 15 is 0 Å². The third-order valence-electron chi connectivity index (χ3n) is 8.47. The first-order chi connectivity index (χ1) is 21.2. The smallest absolute Gasteiger partial charge is 0.254 e. The minimum absolute atomic E-state index is 0.325. The molecular weight excluding hydrogens is 536 g/mol. The molecule has 0 unspecified atom stereocenters. The fourth-order valence-corrected chi connectivity index (χ4v) is 5.93. The number of nitrogens with one attached hydrogen (secondary N) is 2. The summed E-state index contributed by atoms with van der Waals surface area (Å²) < 4.78 is 1.88. The topological polar surface area (TPSA) is 113 Å². The lowest BCUT2D eigenvalue weighted by atomic mass is 9.92. The molecule has 0 amide bonds. The molecule has 10 heteroatoms. The summed E-state index contributed by atoms with van der Waals surface area (Å²) in [6.07, 6.45) is 5.34. The predicted molar refractivity (Wildman–Crippen MR) is 165 cm³/mol. The highest BCUT2D eigenvalue weighted by Gasteiger charge is 2.31. The van der Waals surface area contributed by atoms with Gasteiger partial charge in [-0.1, -0.05) is 60.7 Å². The van der Waals surface area contributed by atoms with Crippen LogP contribution < -0.4 is 5.32 Å². The van der Waals surface area contributed by atoms with Crippen molar-refractivity contribution in [3.8, 4) is 33.9 Å². The number of aromatic amines is 1. The van der Waals surface area contributed by atoms with Gasteiger partial charge in [0.25, 0.3) is 5.78 Å². The molecule has 8 rings (SSSR count). The number of nitrogens with zero attached hydrogens (tertiary/aromatic N) is 8. The summed E-state index contributed by atoms with van der Waals surface area (Å²) in [5.41, 5.74) is 6.21. The molecule has 4 aromatic heterocycles. The molecule has 1 saturated heterocycles. The molecule has 1 aliphatic heterocycles. The average Bonchev–Trinajstić information content (AvgIpc) is 3.64. The maximum atomic E-state index is 5.06. The van der Waals surface area contributed by atoms with E-state index in [-0.39, 0.29) is 0 Å². The molecule has 214 valence electrons. The van der Waals surface area contributed by atoms with Crippen molar-refractivity contribution >= 4 is 11.6 Å². The molecule has 2 fully saturated rings. The van der Waals surface area contributed by atoms with Crippen molar-refractivity contribution in [2.75, 3.05) is 18.4 Å². The number of hydrogen-bond donors (Lipinski definition) is 2. The fourth-order valence-electron chi connectivity index (χ4n) is 5.93. The molecule has 2 aliphatic rings. The van der Waals surface area contributed by atoms with Gasteiger partial charge in [-0.3, -0.25) is 15.0 Å². The van der Waals surface area contributed by atoms with Crippen LogP contribution in [-0.2, 0) is 6.54 Å². The molecule has 0 radical (unpaired) electrons. The van der Waals surface area contributed by atoms with E-state index in [1.807, 2.05) is 35.7 Å². The standard InChI is InChI=1S/C33H32N10/c1-21-35-33-37-29(28(23-8-3-2-4-9-23)32(43(33)41-21)36-26-10-7-11-26)24-15-13-22(14-16-24)18-42-19-25(20-42)30-38-31(40-39-30)27-12-5-6-17-34-27/h2-6,8-9,12-17,25-26,36H,7,10-11,18-20H2,1H3,(H,38,39,40). The number of hydrogen-bond acceptors (Lipinski definition) is 8. The van der Waals surface area contributed by atoms with Crippen molar-refractivity contribution in [3.05, 3.63) is 96.2 Å². The van der Waals surface area contributed by atoms with Crippen molar-refractivity contribution in [2.24, 2.45) is 0 Å². The number of H-pyrrole nitrogens is 1. The quantitative estimate of drug-likeness (QED) is 0.247. The lowest BCUT2D eigenvalue weighted by molar-refractivity contribution is 0.135. The number of likely N-dealkylation sites (tertiary alicyclic amines) is 1.